The Morgan fingerprint density at radius 2 is 2.00 bits per heavy atom. The third-order valence-electron chi connectivity index (χ3n) is 3.52. The van der Waals surface area contributed by atoms with Crippen LogP contribution in [0.2, 0.25) is 0 Å². The molecule has 1 fully saturated rings. The van der Waals surface area contributed by atoms with Crippen LogP contribution in [0, 0.1) is 5.41 Å². The molecule has 16 heavy (non-hydrogen) atoms. The second-order valence-electron chi connectivity index (χ2n) is 4.93. The van der Waals surface area contributed by atoms with Crippen LogP contribution in [-0.4, -0.2) is 16.2 Å². The number of carboxylic acids is 1. The number of carboxylic acid groups (broad SMARTS) is 1. The zero-order valence-corrected chi connectivity index (χ0v) is 10.7. The number of hydrogen-bond donors (Lipinski definition) is 2. The van der Waals surface area contributed by atoms with E-state index in [-0.39, 0.29) is 11.2 Å². The first-order valence-electron chi connectivity index (χ1n) is 5.04. The van der Waals surface area contributed by atoms with Crippen LogP contribution in [0.3, 0.4) is 0 Å². The van der Waals surface area contributed by atoms with Gasteiger partial charge in [-0.3, -0.25) is 4.79 Å². The van der Waals surface area contributed by atoms with Crippen molar-refractivity contribution in [3.63, 3.8) is 0 Å². The summed E-state index contributed by atoms with van der Waals surface area (Å²) in [5.41, 5.74) is -0.753. The number of aliphatic carboxylic acids is 1. The molecule has 0 saturated heterocycles. The van der Waals surface area contributed by atoms with Gasteiger partial charge in [0.1, 0.15) is 11.2 Å². The standard InChI is InChI=1S/C12H13BrO3/c1-11(2)6-12(11,10(15)16)8-5-7(13)3-4-9(8)14/h3-5,14H,6H2,1-2H3,(H,15,16). The summed E-state index contributed by atoms with van der Waals surface area (Å²) in [6.45, 7) is 3.81. The Hall–Kier alpha value is -1.03. The number of rotatable bonds is 2. The summed E-state index contributed by atoms with van der Waals surface area (Å²) in [6.07, 6.45) is 0.555. The van der Waals surface area contributed by atoms with Gasteiger partial charge in [0.15, 0.2) is 0 Å². The molecule has 0 bridgehead atoms. The number of phenols is 1. The summed E-state index contributed by atoms with van der Waals surface area (Å²) in [5.74, 6) is -0.818. The maximum absolute atomic E-state index is 11.4. The maximum Gasteiger partial charge on any atom is 0.314 e. The highest BCUT2D eigenvalue weighted by molar-refractivity contribution is 9.10. The molecule has 0 amide bonds. The number of carbonyl (C=O) groups is 1. The van der Waals surface area contributed by atoms with Gasteiger partial charge in [-0.2, -0.15) is 0 Å². The predicted octanol–water partition coefficient (Wildman–Crippen LogP) is 2.91. The number of benzene rings is 1. The third kappa shape index (κ3) is 1.36. The Labute approximate surface area is 102 Å². The summed E-state index contributed by atoms with van der Waals surface area (Å²) >= 11 is 3.30. The number of phenolic OH excluding ortho intramolecular Hbond substituents is 1. The van der Waals surface area contributed by atoms with Gasteiger partial charge in [-0.1, -0.05) is 29.8 Å². The molecular formula is C12H13BrO3. The van der Waals surface area contributed by atoms with Gasteiger partial charge < -0.3 is 10.2 Å². The smallest absolute Gasteiger partial charge is 0.314 e. The largest absolute Gasteiger partial charge is 0.508 e. The third-order valence-corrected chi connectivity index (χ3v) is 4.01. The van der Waals surface area contributed by atoms with Gasteiger partial charge in [0.2, 0.25) is 0 Å². The Bertz CT molecular complexity index is 467. The lowest BCUT2D eigenvalue weighted by Gasteiger charge is -2.17. The summed E-state index contributed by atoms with van der Waals surface area (Å²) in [4.78, 5) is 11.4. The van der Waals surface area contributed by atoms with Gasteiger partial charge in [-0.05, 0) is 30.0 Å². The van der Waals surface area contributed by atoms with Crippen molar-refractivity contribution < 1.29 is 15.0 Å². The van der Waals surface area contributed by atoms with E-state index in [0.29, 0.717) is 12.0 Å². The molecule has 1 aromatic rings. The van der Waals surface area contributed by atoms with Gasteiger partial charge in [0.05, 0.1) is 0 Å². The van der Waals surface area contributed by atoms with Crippen LogP contribution in [0.1, 0.15) is 25.8 Å². The van der Waals surface area contributed by atoms with E-state index in [9.17, 15) is 15.0 Å². The van der Waals surface area contributed by atoms with Crippen molar-refractivity contribution >= 4 is 21.9 Å². The van der Waals surface area contributed by atoms with E-state index in [1.807, 2.05) is 13.8 Å². The molecule has 0 aromatic heterocycles. The zero-order chi connectivity index (χ0) is 12.1. The molecular weight excluding hydrogens is 272 g/mol. The van der Waals surface area contributed by atoms with Gasteiger partial charge in [0.25, 0.3) is 0 Å². The summed E-state index contributed by atoms with van der Waals surface area (Å²) in [5, 5.41) is 19.2. The minimum Gasteiger partial charge on any atom is -0.508 e. The van der Waals surface area contributed by atoms with Crippen molar-refractivity contribution in [3.05, 3.63) is 28.2 Å². The second-order valence-corrected chi connectivity index (χ2v) is 5.85. The molecule has 0 heterocycles. The van der Waals surface area contributed by atoms with Crippen LogP contribution in [0.5, 0.6) is 5.75 Å². The SMILES string of the molecule is CC1(C)CC1(C(=O)O)c1cc(Br)ccc1O. The highest BCUT2D eigenvalue weighted by Gasteiger charge is 2.68. The molecule has 2 rings (SSSR count). The molecule has 1 unspecified atom stereocenters. The van der Waals surface area contributed by atoms with E-state index in [0.717, 1.165) is 4.47 Å². The van der Waals surface area contributed by atoms with Gasteiger partial charge in [0, 0.05) is 10.0 Å². The molecule has 1 aliphatic rings. The van der Waals surface area contributed by atoms with Gasteiger partial charge in [-0.15, -0.1) is 0 Å². The quantitative estimate of drug-likeness (QED) is 0.878. The van der Waals surface area contributed by atoms with Crippen molar-refractivity contribution in [1.82, 2.24) is 0 Å². The molecule has 86 valence electrons. The lowest BCUT2D eigenvalue weighted by atomic mass is 9.87. The molecule has 1 atom stereocenters. The Balaban J connectivity index is 2.59. The van der Waals surface area contributed by atoms with E-state index in [4.69, 9.17) is 0 Å². The van der Waals surface area contributed by atoms with E-state index in [2.05, 4.69) is 15.9 Å². The Kier molecular flexibility index (Phi) is 2.31. The molecule has 0 radical (unpaired) electrons. The number of aromatic hydroxyl groups is 1. The fourth-order valence-corrected chi connectivity index (χ4v) is 2.77. The number of halogens is 1. The molecule has 0 spiro atoms. The molecule has 4 heteroatoms. The Morgan fingerprint density at radius 1 is 1.44 bits per heavy atom. The van der Waals surface area contributed by atoms with Crippen molar-refractivity contribution in [1.29, 1.82) is 0 Å². The minimum absolute atomic E-state index is 0.0520. The van der Waals surface area contributed by atoms with Crippen molar-refractivity contribution in [2.75, 3.05) is 0 Å². The average Bonchev–Trinajstić information content (AvgIpc) is 2.75. The first kappa shape index (κ1) is 11.5. The van der Waals surface area contributed by atoms with Crippen molar-refractivity contribution in [2.24, 2.45) is 5.41 Å². The summed E-state index contributed by atoms with van der Waals surface area (Å²) in [6, 6.07) is 4.92. The first-order chi connectivity index (χ1) is 7.31. The van der Waals surface area contributed by atoms with E-state index in [1.54, 1.807) is 12.1 Å². The zero-order valence-electron chi connectivity index (χ0n) is 9.12. The lowest BCUT2D eigenvalue weighted by molar-refractivity contribution is -0.141. The highest BCUT2D eigenvalue weighted by Crippen LogP contribution is 2.66. The fraction of sp³-hybridized carbons (Fsp3) is 0.417. The molecule has 1 aromatic carbocycles. The van der Waals surface area contributed by atoms with E-state index in [1.165, 1.54) is 6.07 Å². The monoisotopic (exact) mass is 284 g/mol. The maximum atomic E-state index is 11.4. The lowest BCUT2D eigenvalue weighted by Crippen LogP contribution is -2.25. The van der Waals surface area contributed by atoms with Crippen LogP contribution >= 0.6 is 15.9 Å². The van der Waals surface area contributed by atoms with Crippen LogP contribution in [0.15, 0.2) is 22.7 Å². The molecule has 3 nitrogen and oxygen atoms in total. The normalized spacial score (nSPS) is 26.4. The van der Waals surface area contributed by atoms with Crippen LogP contribution in [-0.2, 0) is 10.2 Å². The molecule has 0 aliphatic heterocycles. The molecule has 2 N–H and O–H groups in total. The van der Waals surface area contributed by atoms with Crippen molar-refractivity contribution in [2.45, 2.75) is 25.7 Å². The summed E-state index contributed by atoms with van der Waals surface area (Å²) in [7, 11) is 0. The van der Waals surface area contributed by atoms with Gasteiger partial charge in [-0.25, -0.2) is 0 Å². The fourth-order valence-electron chi connectivity index (χ4n) is 2.41. The van der Waals surface area contributed by atoms with E-state index >= 15 is 0 Å². The summed E-state index contributed by atoms with van der Waals surface area (Å²) < 4.78 is 0.781. The van der Waals surface area contributed by atoms with Gasteiger partial charge >= 0.3 is 5.97 Å². The highest BCUT2D eigenvalue weighted by atomic mass is 79.9. The molecule has 1 saturated carbocycles. The van der Waals surface area contributed by atoms with Crippen LogP contribution in [0.4, 0.5) is 0 Å². The van der Waals surface area contributed by atoms with Crippen molar-refractivity contribution in [3.8, 4) is 5.75 Å². The van der Waals surface area contributed by atoms with E-state index < -0.39 is 11.4 Å². The topological polar surface area (TPSA) is 57.5 Å². The first-order valence-corrected chi connectivity index (χ1v) is 5.83. The Morgan fingerprint density at radius 3 is 2.44 bits per heavy atom. The molecule has 1 aliphatic carbocycles. The second kappa shape index (κ2) is 3.23. The van der Waals surface area contributed by atoms with Crippen LogP contribution < -0.4 is 0 Å². The number of hydrogen-bond acceptors (Lipinski definition) is 2. The minimum atomic E-state index is -0.944. The predicted molar refractivity (Wildman–Crippen MR) is 63.5 cm³/mol. The average molecular weight is 285 g/mol. The van der Waals surface area contributed by atoms with Crippen LogP contribution in [0.25, 0.3) is 0 Å².